The number of hydrogen-bond donors (Lipinski definition) is 1. The Morgan fingerprint density at radius 2 is 2.00 bits per heavy atom. The molecule has 1 aromatic heterocycles. The Kier molecular flexibility index (Phi) is 8.62. The minimum absolute atomic E-state index is 0.144. The number of rotatable bonds is 8. The van der Waals surface area contributed by atoms with Gasteiger partial charge in [0, 0.05) is 34.8 Å². The molecule has 1 amide bonds. The fourth-order valence-electron chi connectivity index (χ4n) is 3.09. The molecule has 1 aliphatic rings. The van der Waals surface area contributed by atoms with Crippen molar-refractivity contribution < 1.29 is 13.2 Å². The minimum Gasteiger partial charge on any atom is -0.300 e. The molecule has 12 heteroatoms. The molecule has 0 unspecified atom stereocenters. The molecule has 1 fully saturated rings. The van der Waals surface area contributed by atoms with E-state index in [-0.39, 0.29) is 30.7 Å². The van der Waals surface area contributed by atoms with Crippen molar-refractivity contribution >= 4 is 67.4 Å². The maximum absolute atomic E-state index is 12.8. The smallest absolute Gasteiger partial charge is 0.229 e. The van der Waals surface area contributed by atoms with Gasteiger partial charge in [-0.1, -0.05) is 66.2 Å². The van der Waals surface area contributed by atoms with Crippen LogP contribution in [0.3, 0.4) is 0 Å². The summed E-state index contributed by atoms with van der Waals surface area (Å²) in [5, 5.41) is 12.2. The van der Waals surface area contributed by atoms with Crippen molar-refractivity contribution in [1.82, 2.24) is 14.5 Å². The zero-order valence-corrected chi connectivity index (χ0v) is 21.1. The number of amides is 1. The van der Waals surface area contributed by atoms with Crippen LogP contribution in [0.1, 0.15) is 32.3 Å². The summed E-state index contributed by atoms with van der Waals surface area (Å²) < 4.78 is 27.8. The third-order valence-corrected chi connectivity index (χ3v) is 9.56. The molecule has 0 radical (unpaired) electrons. The van der Waals surface area contributed by atoms with E-state index in [0.717, 1.165) is 10.1 Å². The lowest BCUT2D eigenvalue weighted by atomic mass is 9.97. The van der Waals surface area contributed by atoms with E-state index in [9.17, 15) is 13.2 Å². The zero-order chi connectivity index (χ0) is 22.6. The van der Waals surface area contributed by atoms with Crippen LogP contribution in [0.25, 0.3) is 0 Å². The van der Waals surface area contributed by atoms with Crippen molar-refractivity contribution in [2.24, 2.45) is 11.8 Å². The summed E-state index contributed by atoms with van der Waals surface area (Å²) in [6.07, 6.45) is 0.903. The lowest BCUT2D eigenvalue weighted by Gasteiger charge is -2.30. The first-order valence-corrected chi connectivity index (χ1v) is 14.0. The molecule has 2 aromatic rings. The predicted octanol–water partition coefficient (Wildman–Crippen LogP) is 4.77. The molecule has 0 aliphatic carbocycles. The fourth-order valence-corrected chi connectivity index (χ4v) is 6.97. The van der Waals surface area contributed by atoms with E-state index < -0.39 is 10.0 Å². The summed E-state index contributed by atoms with van der Waals surface area (Å²) in [7, 11) is -3.54. The summed E-state index contributed by atoms with van der Waals surface area (Å²) in [5.41, 5.74) is 0.508. The van der Waals surface area contributed by atoms with Crippen LogP contribution in [0, 0.1) is 11.8 Å². The molecule has 1 aliphatic heterocycles. The van der Waals surface area contributed by atoms with E-state index in [4.69, 9.17) is 23.2 Å². The van der Waals surface area contributed by atoms with Crippen LogP contribution >= 0.6 is 46.3 Å². The quantitative estimate of drug-likeness (QED) is 0.396. The first-order chi connectivity index (χ1) is 14.6. The van der Waals surface area contributed by atoms with Crippen LogP contribution in [-0.2, 0) is 20.6 Å². The maximum Gasteiger partial charge on any atom is 0.229 e. The number of sulfonamides is 1. The fraction of sp³-hybridized carbons (Fsp3) is 0.526. The van der Waals surface area contributed by atoms with Crippen molar-refractivity contribution in [2.45, 2.75) is 36.8 Å². The first kappa shape index (κ1) is 24.7. The van der Waals surface area contributed by atoms with Gasteiger partial charge in [0.2, 0.25) is 21.1 Å². The Morgan fingerprint density at radius 3 is 2.65 bits per heavy atom. The van der Waals surface area contributed by atoms with E-state index in [2.05, 4.69) is 29.4 Å². The van der Waals surface area contributed by atoms with Gasteiger partial charge in [0.05, 0.1) is 5.75 Å². The summed E-state index contributed by atoms with van der Waals surface area (Å²) in [5.74, 6) is 0.887. The van der Waals surface area contributed by atoms with Crippen LogP contribution < -0.4 is 5.32 Å². The van der Waals surface area contributed by atoms with Gasteiger partial charge < -0.3 is 5.32 Å². The van der Waals surface area contributed by atoms with E-state index >= 15 is 0 Å². The van der Waals surface area contributed by atoms with Crippen molar-refractivity contribution in [3.05, 3.63) is 33.8 Å². The van der Waals surface area contributed by atoms with Gasteiger partial charge in [-0.25, -0.2) is 12.7 Å². The van der Waals surface area contributed by atoms with Gasteiger partial charge in [-0.15, -0.1) is 10.2 Å². The number of piperidine rings is 1. The first-order valence-electron chi connectivity index (χ1n) is 9.83. The number of nitrogens with one attached hydrogen (secondary N) is 1. The maximum atomic E-state index is 12.8. The Balaban J connectivity index is 1.52. The van der Waals surface area contributed by atoms with Gasteiger partial charge >= 0.3 is 0 Å². The molecule has 0 bridgehead atoms. The largest absolute Gasteiger partial charge is 0.300 e. The molecule has 170 valence electrons. The lowest BCUT2D eigenvalue weighted by molar-refractivity contribution is -0.120. The van der Waals surface area contributed by atoms with Gasteiger partial charge in [0.15, 0.2) is 4.34 Å². The predicted molar refractivity (Wildman–Crippen MR) is 127 cm³/mol. The van der Waals surface area contributed by atoms with E-state index in [0.29, 0.717) is 39.5 Å². The van der Waals surface area contributed by atoms with E-state index in [1.807, 2.05) is 0 Å². The monoisotopic (exact) mass is 522 g/mol. The molecule has 1 aromatic carbocycles. The molecule has 0 spiro atoms. The number of aromatic nitrogens is 2. The van der Waals surface area contributed by atoms with Gasteiger partial charge in [-0.2, -0.15) is 0 Å². The average molecular weight is 524 g/mol. The topological polar surface area (TPSA) is 92.3 Å². The van der Waals surface area contributed by atoms with Crippen LogP contribution in [0.2, 0.25) is 10.0 Å². The summed E-state index contributed by atoms with van der Waals surface area (Å²) >= 11 is 15.0. The normalized spacial score (nSPS) is 16.0. The van der Waals surface area contributed by atoms with E-state index in [1.165, 1.54) is 21.7 Å². The standard InChI is InChI=1S/C19H24Cl2N4O3S3/c1-12(2)10-29-19-24-23-18(30-19)22-17(26)13-5-7-25(8-6-13)31(27,28)11-14-3-4-15(20)9-16(14)21/h3-4,9,12-13H,5-8,10-11H2,1-2H3,(H,22,23,26). The second-order valence-corrected chi connectivity index (χ2v) is 12.8. The number of hydrogen-bond acceptors (Lipinski definition) is 7. The number of carbonyl (C=O) groups excluding carboxylic acids is 1. The highest BCUT2D eigenvalue weighted by atomic mass is 35.5. The number of anilines is 1. The van der Waals surface area contributed by atoms with E-state index in [1.54, 1.807) is 23.9 Å². The highest BCUT2D eigenvalue weighted by Gasteiger charge is 2.32. The number of thioether (sulfide) groups is 1. The Labute approximate surface area is 201 Å². The number of carbonyl (C=O) groups is 1. The number of benzene rings is 1. The Hall–Kier alpha value is -0.910. The van der Waals surface area contributed by atoms with Crippen LogP contribution in [0.5, 0.6) is 0 Å². The van der Waals surface area contributed by atoms with Crippen molar-refractivity contribution in [2.75, 3.05) is 24.2 Å². The minimum atomic E-state index is -3.54. The molecule has 1 N–H and O–H groups in total. The summed E-state index contributed by atoms with van der Waals surface area (Å²) in [6.45, 7) is 4.84. The molecule has 0 saturated carbocycles. The molecule has 0 atom stereocenters. The lowest BCUT2D eigenvalue weighted by Crippen LogP contribution is -2.41. The van der Waals surface area contributed by atoms with Crippen molar-refractivity contribution in [3.63, 3.8) is 0 Å². The highest BCUT2D eigenvalue weighted by Crippen LogP contribution is 2.29. The summed E-state index contributed by atoms with van der Waals surface area (Å²) in [6, 6.07) is 4.78. The summed E-state index contributed by atoms with van der Waals surface area (Å²) in [4.78, 5) is 12.6. The SMILES string of the molecule is CC(C)CSc1nnc(NC(=O)C2CCN(S(=O)(=O)Cc3ccc(Cl)cc3Cl)CC2)s1. The third-order valence-electron chi connectivity index (χ3n) is 4.75. The molecule has 7 nitrogen and oxygen atoms in total. The Bertz CT molecular complexity index is 1020. The average Bonchev–Trinajstić information content (AvgIpc) is 3.16. The number of halogens is 2. The molecular formula is C19H24Cl2N4O3S3. The van der Waals surface area contributed by atoms with Crippen molar-refractivity contribution in [3.8, 4) is 0 Å². The van der Waals surface area contributed by atoms with Crippen LogP contribution in [-0.4, -0.2) is 47.7 Å². The third kappa shape index (κ3) is 7.03. The molecule has 1 saturated heterocycles. The van der Waals surface area contributed by atoms with Gasteiger partial charge in [0.1, 0.15) is 0 Å². The van der Waals surface area contributed by atoms with Crippen molar-refractivity contribution in [1.29, 1.82) is 0 Å². The zero-order valence-electron chi connectivity index (χ0n) is 17.2. The Morgan fingerprint density at radius 1 is 1.29 bits per heavy atom. The highest BCUT2D eigenvalue weighted by molar-refractivity contribution is 8.01. The molecule has 3 rings (SSSR count). The second kappa shape index (κ2) is 10.8. The molecular weight excluding hydrogens is 499 g/mol. The van der Waals surface area contributed by atoms with Crippen LogP contribution in [0.15, 0.2) is 22.5 Å². The molecule has 31 heavy (non-hydrogen) atoms. The van der Waals surface area contributed by atoms with Crippen LogP contribution in [0.4, 0.5) is 5.13 Å². The molecule has 2 heterocycles. The van der Waals surface area contributed by atoms with Gasteiger partial charge in [-0.3, -0.25) is 4.79 Å². The number of nitrogens with zero attached hydrogens (tertiary/aromatic N) is 3. The van der Waals surface area contributed by atoms with Gasteiger partial charge in [0.25, 0.3) is 0 Å². The van der Waals surface area contributed by atoms with Gasteiger partial charge in [-0.05, 0) is 36.5 Å². The second-order valence-electron chi connectivity index (χ2n) is 7.73.